The van der Waals surface area contributed by atoms with Crippen molar-refractivity contribution in [2.75, 3.05) is 25.0 Å². The van der Waals surface area contributed by atoms with Crippen LogP contribution in [0.5, 0.6) is 0 Å². The normalized spacial score (nSPS) is 23.5. The Morgan fingerprint density at radius 2 is 1.71 bits per heavy atom. The Bertz CT molecular complexity index is 1230. The van der Waals surface area contributed by atoms with E-state index in [2.05, 4.69) is 17.4 Å². The molecular weight excluding hydrogens is 514 g/mol. The summed E-state index contributed by atoms with van der Waals surface area (Å²) in [5.41, 5.74) is 3.92. The summed E-state index contributed by atoms with van der Waals surface area (Å²) < 4.78 is 8.18. The third-order valence-corrected chi connectivity index (χ3v) is 9.57. The second-order valence-electron chi connectivity index (χ2n) is 12.6. The molecule has 1 saturated heterocycles. The number of Topliss-reactive ketones (excluding diaryl/α,β-unsaturated/α-hetero) is 2. The first-order chi connectivity index (χ1) is 20.0. The molecule has 0 unspecified atom stereocenters. The van der Waals surface area contributed by atoms with Crippen molar-refractivity contribution >= 4 is 34.1 Å². The highest BCUT2D eigenvalue weighted by molar-refractivity contribution is 6.09. The maximum absolute atomic E-state index is 13.8. The van der Waals surface area contributed by atoms with Crippen LogP contribution in [0.3, 0.4) is 0 Å². The van der Waals surface area contributed by atoms with Gasteiger partial charge in [0.1, 0.15) is 12.6 Å². The first kappa shape index (κ1) is 29.8. The van der Waals surface area contributed by atoms with Gasteiger partial charge in [0.15, 0.2) is 11.6 Å². The topological polar surface area (TPSA) is 80.6 Å². The number of rotatable bonds is 6. The van der Waals surface area contributed by atoms with Crippen LogP contribution in [0.25, 0.3) is 10.9 Å². The van der Waals surface area contributed by atoms with Gasteiger partial charge in [0.25, 0.3) is 0 Å². The lowest BCUT2D eigenvalue weighted by molar-refractivity contribution is -0.140. The highest BCUT2D eigenvalue weighted by atomic mass is 16.5. The second kappa shape index (κ2) is 14.0. The second-order valence-corrected chi connectivity index (χ2v) is 12.6. The molecular formula is C34H49N3O4. The van der Waals surface area contributed by atoms with Crippen LogP contribution in [0.1, 0.15) is 113 Å². The molecule has 0 radical (unpaired) electrons. The molecule has 2 atom stereocenters. The molecule has 2 bridgehead atoms. The highest BCUT2D eigenvalue weighted by Gasteiger charge is 2.41. The van der Waals surface area contributed by atoms with E-state index in [1.165, 1.54) is 50.5 Å². The van der Waals surface area contributed by atoms with E-state index in [0.717, 1.165) is 55.2 Å². The first-order valence-corrected chi connectivity index (χ1v) is 16.3. The number of ether oxygens (including phenoxy) is 1. The fourth-order valence-electron chi connectivity index (χ4n) is 7.28. The van der Waals surface area contributed by atoms with Crippen molar-refractivity contribution in [3.05, 3.63) is 29.5 Å². The van der Waals surface area contributed by atoms with Gasteiger partial charge in [-0.3, -0.25) is 14.4 Å². The van der Waals surface area contributed by atoms with Crippen molar-refractivity contribution in [3.8, 4) is 0 Å². The molecule has 7 heteroatoms. The van der Waals surface area contributed by atoms with Gasteiger partial charge in [-0.25, -0.2) is 0 Å². The highest BCUT2D eigenvalue weighted by Crippen LogP contribution is 2.33. The predicted octanol–water partition coefficient (Wildman–Crippen LogP) is 6.70. The van der Waals surface area contributed by atoms with Gasteiger partial charge >= 0.3 is 0 Å². The van der Waals surface area contributed by atoms with Crippen molar-refractivity contribution < 1.29 is 19.1 Å². The van der Waals surface area contributed by atoms with Gasteiger partial charge in [0.05, 0.1) is 11.6 Å². The monoisotopic (exact) mass is 563 g/mol. The number of aryl methyl sites for hydroxylation is 1. The summed E-state index contributed by atoms with van der Waals surface area (Å²) in [6, 6.07) is 3.85. The zero-order chi connectivity index (χ0) is 28.8. The molecule has 2 aromatic rings. The van der Waals surface area contributed by atoms with Crippen LogP contribution >= 0.6 is 0 Å². The number of nitrogens with zero attached hydrogens (tertiary/aromatic N) is 2. The van der Waals surface area contributed by atoms with E-state index >= 15 is 0 Å². The third kappa shape index (κ3) is 7.04. The van der Waals surface area contributed by atoms with Crippen LogP contribution < -0.4 is 5.32 Å². The molecule has 1 aromatic carbocycles. The number of aromatic nitrogens is 1. The lowest BCUT2D eigenvalue weighted by atomic mass is 9.89. The first-order valence-electron chi connectivity index (χ1n) is 16.3. The van der Waals surface area contributed by atoms with Gasteiger partial charge in [-0.05, 0) is 69.1 Å². The Morgan fingerprint density at radius 1 is 0.976 bits per heavy atom. The number of carbonyl (C=O) groups excluding carboxylic acids is 3. The number of hydrogen-bond donors (Lipinski definition) is 1. The summed E-state index contributed by atoms with van der Waals surface area (Å²) in [6.07, 6.45) is 16.9. The minimum Gasteiger partial charge on any atom is -0.385 e. The van der Waals surface area contributed by atoms with Gasteiger partial charge in [-0.2, -0.15) is 0 Å². The SMILES string of the molecule is CCC(=O)[C@@H]1[C@H]2CCN1C(=O)Cn1cc(C(C)=O)c3cc(NCC4CCCCC4)cc(c31)CCCCCCCCO2. The molecule has 3 heterocycles. The molecule has 224 valence electrons. The van der Waals surface area contributed by atoms with Crippen LogP contribution in [-0.2, 0) is 27.3 Å². The van der Waals surface area contributed by atoms with Gasteiger partial charge in [-0.1, -0.05) is 51.9 Å². The summed E-state index contributed by atoms with van der Waals surface area (Å²) in [5.74, 6) is 0.694. The predicted molar refractivity (Wildman–Crippen MR) is 164 cm³/mol. The zero-order valence-corrected chi connectivity index (χ0v) is 25.2. The molecule has 7 nitrogen and oxygen atoms in total. The van der Waals surface area contributed by atoms with Crippen molar-refractivity contribution in [2.45, 2.75) is 122 Å². The van der Waals surface area contributed by atoms with Gasteiger partial charge in [0, 0.05) is 49.0 Å². The molecule has 3 aliphatic rings. The largest absolute Gasteiger partial charge is 0.385 e. The molecule has 1 saturated carbocycles. The van der Waals surface area contributed by atoms with E-state index in [-0.39, 0.29) is 30.1 Å². The van der Waals surface area contributed by atoms with Crippen LogP contribution in [0.15, 0.2) is 18.3 Å². The zero-order valence-electron chi connectivity index (χ0n) is 25.2. The number of anilines is 1. The average Bonchev–Trinajstić information content (AvgIpc) is 3.57. The molecule has 2 fully saturated rings. The van der Waals surface area contributed by atoms with E-state index in [9.17, 15) is 14.4 Å². The van der Waals surface area contributed by atoms with Crippen molar-refractivity contribution in [3.63, 3.8) is 0 Å². The number of carbonyl (C=O) groups is 3. The number of benzene rings is 1. The fourth-order valence-corrected chi connectivity index (χ4v) is 7.28. The molecule has 1 aliphatic carbocycles. The average molecular weight is 564 g/mol. The summed E-state index contributed by atoms with van der Waals surface area (Å²) in [5, 5.41) is 4.64. The molecule has 5 rings (SSSR count). The van der Waals surface area contributed by atoms with Crippen molar-refractivity contribution in [1.29, 1.82) is 0 Å². The smallest absolute Gasteiger partial charge is 0.243 e. The molecule has 1 amide bonds. The Hall–Kier alpha value is -2.67. The van der Waals surface area contributed by atoms with E-state index in [1.807, 2.05) is 17.7 Å². The molecule has 0 spiro atoms. The molecule has 1 N–H and O–H groups in total. The Balaban J connectivity index is 1.49. The summed E-state index contributed by atoms with van der Waals surface area (Å²) >= 11 is 0. The molecule has 1 aromatic heterocycles. The summed E-state index contributed by atoms with van der Waals surface area (Å²) in [7, 11) is 0. The van der Waals surface area contributed by atoms with Gasteiger partial charge < -0.3 is 19.5 Å². The maximum atomic E-state index is 13.8. The number of ketones is 2. The molecule has 41 heavy (non-hydrogen) atoms. The minimum atomic E-state index is -0.521. The Labute approximate surface area is 245 Å². The number of fused-ring (bicyclic) bond motifs is 2. The number of amides is 1. The van der Waals surface area contributed by atoms with Gasteiger partial charge in [0.2, 0.25) is 5.91 Å². The summed E-state index contributed by atoms with van der Waals surface area (Å²) in [4.78, 5) is 41.4. The number of nitrogens with one attached hydrogen (secondary N) is 1. The van der Waals surface area contributed by atoms with E-state index in [1.54, 1.807) is 11.8 Å². The Kier molecular flexibility index (Phi) is 10.2. The van der Waals surface area contributed by atoms with E-state index in [0.29, 0.717) is 37.5 Å². The standard InChI is InChI=1S/C34H49N3O4/c1-3-30(39)34-31-16-17-37(34)32(40)23-36-22-29(24(2)38)28-20-27(35-21-25-13-9-8-10-14-25)19-26(33(28)36)15-11-6-4-5-7-12-18-41-31/h19-20,22,25,31,34-35H,3-18,21,23H2,1-2H3/t31-,34-/m1/s1. The van der Waals surface area contributed by atoms with Crippen LogP contribution in [0, 0.1) is 5.92 Å². The quantitative estimate of drug-likeness (QED) is 0.396. The van der Waals surface area contributed by atoms with Crippen LogP contribution in [0.4, 0.5) is 5.69 Å². The maximum Gasteiger partial charge on any atom is 0.243 e. The van der Waals surface area contributed by atoms with Crippen molar-refractivity contribution in [2.24, 2.45) is 5.92 Å². The van der Waals surface area contributed by atoms with Gasteiger partial charge in [-0.15, -0.1) is 0 Å². The fraction of sp³-hybridized carbons (Fsp3) is 0.676. The number of hydrogen-bond acceptors (Lipinski definition) is 5. The van der Waals surface area contributed by atoms with E-state index < -0.39 is 6.04 Å². The van der Waals surface area contributed by atoms with Crippen LogP contribution in [-0.4, -0.2) is 58.8 Å². The summed E-state index contributed by atoms with van der Waals surface area (Å²) in [6.45, 7) is 5.72. The van der Waals surface area contributed by atoms with E-state index in [4.69, 9.17) is 4.74 Å². The minimum absolute atomic E-state index is 0.00685. The third-order valence-electron chi connectivity index (χ3n) is 9.57. The molecule has 2 aliphatic heterocycles. The lowest BCUT2D eigenvalue weighted by Gasteiger charge is -2.27. The van der Waals surface area contributed by atoms with Crippen molar-refractivity contribution in [1.82, 2.24) is 9.47 Å². The Morgan fingerprint density at radius 3 is 2.46 bits per heavy atom. The van der Waals surface area contributed by atoms with Crippen LogP contribution in [0.2, 0.25) is 0 Å². The lowest BCUT2D eigenvalue weighted by Crippen LogP contribution is -2.46.